The van der Waals surface area contributed by atoms with Gasteiger partial charge in [-0.05, 0) is 13.8 Å². The van der Waals surface area contributed by atoms with E-state index in [2.05, 4.69) is 9.47 Å². The molecule has 0 atom stereocenters. The second kappa shape index (κ2) is 4.20. The third kappa shape index (κ3) is 4.13. The van der Waals surface area contributed by atoms with Crippen LogP contribution in [0.5, 0.6) is 0 Å². The van der Waals surface area contributed by atoms with Gasteiger partial charge in [-0.1, -0.05) is 0 Å². The number of rotatable bonds is 2. The van der Waals surface area contributed by atoms with Gasteiger partial charge in [-0.2, -0.15) is 10.5 Å². The molecule has 0 radical (unpaired) electrons. The van der Waals surface area contributed by atoms with E-state index in [1.807, 2.05) is 0 Å². The molecule has 0 amide bonds. The fourth-order valence-electron chi connectivity index (χ4n) is 0.352. The molecule has 0 aromatic carbocycles. The molecule has 0 aliphatic carbocycles. The fourth-order valence-corrected chi connectivity index (χ4v) is 0.352. The Morgan fingerprint density at radius 1 is 1.50 bits per heavy atom. The molecule has 64 valence electrons. The van der Waals surface area contributed by atoms with Crippen LogP contribution in [0.3, 0.4) is 0 Å². The number of nitriles is 2. The minimum atomic E-state index is -1.22. The number of carbonyl (C=O) groups excluding carboxylic acids is 1. The summed E-state index contributed by atoms with van der Waals surface area (Å²) in [6, 6.07) is 3.34. The van der Waals surface area contributed by atoms with Gasteiger partial charge in [-0.15, -0.1) is 0 Å². The Kier molecular flexibility index (Phi) is 3.58. The number of carbonyl (C=O) groups is 1. The van der Waals surface area contributed by atoms with Gasteiger partial charge in [-0.25, -0.2) is 4.79 Å². The Bertz CT molecular complexity index is 246. The molecule has 0 saturated heterocycles. The average molecular weight is 168 g/mol. The smallest absolute Gasteiger partial charge is 0.419 e. The lowest BCUT2D eigenvalue weighted by molar-refractivity contribution is 0.0152. The molecule has 0 aliphatic heterocycles. The molecule has 0 unspecified atom stereocenters. The lowest BCUT2D eigenvalue weighted by atomic mass is 10.2. The van der Waals surface area contributed by atoms with Gasteiger partial charge in [0.25, 0.3) is 0 Å². The van der Waals surface area contributed by atoms with Gasteiger partial charge in [0, 0.05) is 0 Å². The summed E-state index contributed by atoms with van der Waals surface area (Å²) in [5.74, 6) is 0. The number of nitrogens with zero attached hydrogens (tertiary/aromatic N) is 2. The molecule has 5 nitrogen and oxygen atoms in total. The van der Waals surface area contributed by atoms with Crippen molar-refractivity contribution in [3.05, 3.63) is 0 Å². The second-order valence-corrected chi connectivity index (χ2v) is 2.42. The molecule has 0 heterocycles. The van der Waals surface area contributed by atoms with Crippen LogP contribution in [0.1, 0.15) is 13.8 Å². The molecule has 0 aliphatic rings. The van der Waals surface area contributed by atoms with E-state index in [1.165, 1.54) is 13.8 Å². The molecule has 0 N–H and O–H groups in total. The van der Waals surface area contributed by atoms with Crippen molar-refractivity contribution in [3.8, 4) is 12.1 Å². The standard InChI is InChI=1S/C7H8N2O3/c1-7(2,5-9)12-6(10)11-4-3-8/h4H2,1-2H3. The average Bonchev–Trinajstić information content (AvgIpc) is 2.00. The van der Waals surface area contributed by atoms with Crippen LogP contribution in [0.25, 0.3) is 0 Å². The maximum atomic E-state index is 10.6. The molecular formula is C7H8N2O3. The van der Waals surface area contributed by atoms with Gasteiger partial charge in [0.15, 0.2) is 12.2 Å². The molecule has 0 rings (SSSR count). The molecule has 0 aromatic heterocycles. The Morgan fingerprint density at radius 2 is 2.08 bits per heavy atom. The molecular weight excluding hydrogens is 160 g/mol. The van der Waals surface area contributed by atoms with Gasteiger partial charge in [-0.3, -0.25) is 0 Å². The SMILES string of the molecule is CC(C)(C#N)OC(=O)OCC#N. The molecule has 5 heteroatoms. The summed E-state index contributed by atoms with van der Waals surface area (Å²) in [6.07, 6.45) is -1.01. The van der Waals surface area contributed by atoms with Crippen molar-refractivity contribution in [3.63, 3.8) is 0 Å². The largest absolute Gasteiger partial charge is 0.510 e. The first kappa shape index (κ1) is 10.2. The van der Waals surface area contributed by atoms with Crippen LogP contribution in [-0.2, 0) is 9.47 Å². The van der Waals surface area contributed by atoms with E-state index in [0.717, 1.165) is 0 Å². The summed E-state index contributed by atoms with van der Waals surface area (Å²) in [5.41, 5.74) is -1.22. The minimum absolute atomic E-state index is 0.375. The van der Waals surface area contributed by atoms with Crippen LogP contribution in [0.2, 0.25) is 0 Å². The first-order valence-corrected chi connectivity index (χ1v) is 3.16. The predicted molar refractivity (Wildman–Crippen MR) is 37.7 cm³/mol. The fraction of sp³-hybridized carbons (Fsp3) is 0.571. The third-order valence-electron chi connectivity index (χ3n) is 0.862. The van der Waals surface area contributed by atoms with Crippen LogP contribution in [0.15, 0.2) is 0 Å². The summed E-state index contributed by atoms with van der Waals surface area (Å²) < 4.78 is 8.77. The summed E-state index contributed by atoms with van der Waals surface area (Å²) in [4.78, 5) is 10.6. The van der Waals surface area contributed by atoms with Gasteiger partial charge in [0.1, 0.15) is 12.1 Å². The normalized spacial score (nSPS) is 9.33. The summed E-state index contributed by atoms with van der Waals surface area (Å²) in [5, 5.41) is 16.4. The number of hydrogen-bond donors (Lipinski definition) is 0. The maximum Gasteiger partial charge on any atom is 0.510 e. The van der Waals surface area contributed by atoms with E-state index in [9.17, 15) is 4.79 Å². The quantitative estimate of drug-likeness (QED) is 0.573. The monoisotopic (exact) mass is 168 g/mol. The number of ether oxygens (including phenoxy) is 2. The minimum Gasteiger partial charge on any atom is -0.419 e. The first-order valence-electron chi connectivity index (χ1n) is 3.16. The summed E-state index contributed by atoms with van der Waals surface area (Å²) in [6.45, 7) is 2.46. The van der Waals surface area contributed by atoms with E-state index in [1.54, 1.807) is 12.1 Å². The van der Waals surface area contributed by atoms with Crippen molar-refractivity contribution < 1.29 is 14.3 Å². The Hall–Kier alpha value is -1.75. The van der Waals surface area contributed by atoms with Crippen LogP contribution in [-0.4, -0.2) is 18.4 Å². The lowest BCUT2D eigenvalue weighted by Gasteiger charge is -2.14. The molecule has 0 aromatic rings. The van der Waals surface area contributed by atoms with Crippen molar-refractivity contribution >= 4 is 6.16 Å². The van der Waals surface area contributed by atoms with Crippen LogP contribution < -0.4 is 0 Å². The van der Waals surface area contributed by atoms with Gasteiger partial charge in [0.2, 0.25) is 0 Å². The lowest BCUT2D eigenvalue weighted by Crippen LogP contribution is -2.26. The van der Waals surface area contributed by atoms with E-state index >= 15 is 0 Å². The van der Waals surface area contributed by atoms with Crippen molar-refractivity contribution in [2.24, 2.45) is 0 Å². The van der Waals surface area contributed by atoms with Crippen LogP contribution >= 0.6 is 0 Å². The van der Waals surface area contributed by atoms with Crippen LogP contribution in [0, 0.1) is 22.7 Å². The van der Waals surface area contributed by atoms with Gasteiger partial charge >= 0.3 is 6.16 Å². The topological polar surface area (TPSA) is 83.1 Å². The van der Waals surface area contributed by atoms with E-state index in [0.29, 0.717) is 0 Å². The van der Waals surface area contributed by atoms with Crippen molar-refractivity contribution in [2.45, 2.75) is 19.4 Å². The van der Waals surface area contributed by atoms with Gasteiger partial charge < -0.3 is 9.47 Å². The number of hydrogen-bond acceptors (Lipinski definition) is 5. The van der Waals surface area contributed by atoms with E-state index < -0.39 is 11.8 Å². The summed E-state index contributed by atoms with van der Waals surface area (Å²) in [7, 11) is 0. The summed E-state index contributed by atoms with van der Waals surface area (Å²) >= 11 is 0. The van der Waals surface area contributed by atoms with Gasteiger partial charge in [0.05, 0.1) is 0 Å². The molecule has 12 heavy (non-hydrogen) atoms. The molecule has 0 bridgehead atoms. The highest BCUT2D eigenvalue weighted by Gasteiger charge is 2.22. The third-order valence-corrected chi connectivity index (χ3v) is 0.862. The highest BCUT2D eigenvalue weighted by Crippen LogP contribution is 2.07. The first-order chi connectivity index (χ1) is 5.52. The molecule has 0 fully saturated rings. The zero-order chi connectivity index (χ0) is 9.61. The van der Waals surface area contributed by atoms with Crippen molar-refractivity contribution in [1.82, 2.24) is 0 Å². The second-order valence-electron chi connectivity index (χ2n) is 2.42. The predicted octanol–water partition coefficient (Wildman–Crippen LogP) is 0.965. The van der Waals surface area contributed by atoms with E-state index in [4.69, 9.17) is 10.5 Å². The van der Waals surface area contributed by atoms with E-state index in [-0.39, 0.29) is 6.61 Å². The zero-order valence-corrected chi connectivity index (χ0v) is 6.83. The Labute approximate surface area is 70.1 Å². The highest BCUT2D eigenvalue weighted by atomic mass is 16.7. The van der Waals surface area contributed by atoms with Crippen LogP contribution in [0.4, 0.5) is 4.79 Å². The Balaban J connectivity index is 3.88. The van der Waals surface area contributed by atoms with Crippen molar-refractivity contribution in [2.75, 3.05) is 6.61 Å². The highest BCUT2D eigenvalue weighted by molar-refractivity contribution is 5.61. The zero-order valence-electron chi connectivity index (χ0n) is 6.83. The maximum absolute atomic E-state index is 10.6. The molecule has 0 spiro atoms. The molecule has 0 saturated carbocycles. The Morgan fingerprint density at radius 3 is 2.50 bits per heavy atom. The van der Waals surface area contributed by atoms with Crippen molar-refractivity contribution in [1.29, 1.82) is 10.5 Å².